The third-order valence-corrected chi connectivity index (χ3v) is 4.71. The Balaban J connectivity index is 1.99. The molecule has 1 N–H and O–H groups in total. The highest BCUT2D eigenvalue weighted by Crippen LogP contribution is 2.41. The van der Waals surface area contributed by atoms with Gasteiger partial charge in [-0.05, 0) is 44.4 Å². The molecular formula is C14H25NO2. The van der Waals surface area contributed by atoms with E-state index in [0.717, 1.165) is 18.9 Å². The van der Waals surface area contributed by atoms with Crippen molar-refractivity contribution in [1.82, 2.24) is 4.90 Å². The first kappa shape index (κ1) is 12.9. The summed E-state index contributed by atoms with van der Waals surface area (Å²) in [6, 6.07) is 2.06. The van der Waals surface area contributed by atoms with E-state index in [0.29, 0.717) is 24.4 Å². The highest BCUT2D eigenvalue weighted by atomic mass is 16.4. The van der Waals surface area contributed by atoms with E-state index in [1.807, 2.05) is 0 Å². The van der Waals surface area contributed by atoms with E-state index in [-0.39, 0.29) is 0 Å². The highest BCUT2D eigenvalue weighted by Gasteiger charge is 2.43. The second kappa shape index (κ2) is 5.38. The van der Waals surface area contributed by atoms with Crippen molar-refractivity contribution in [1.29, 1.82) is 0 Å². The molecule has 3 heteroatoms. The number of hydrogen-bond acceptors (Lipinski definition) is 2. The minimum atomic E-state index is -0.620. The summed E-state index contributed by atoms with van der Waals surface area (Å²) in [5.74, 6) is -0.194. The van der Waals surface area contributed by atoms with Crippen LogP contribution in [0.5, 0.6) is 0 Å². The fourth-order valence-electron chi connectivity index (χ4n) is 4.05. The Hall–Kier alpha value is -0.570. The Labute approximate surface area is 104 Å². The SMILES string of the molecule is CCC(CC)N1C2CCC1CC(CC(=O)O)C2. The third kappa shape index (κ3) is 2.65. The van der Waals surface area contributed by atoms with Crippen molar-refractivity contribution in [2.75, 3.05) is 0 Å². The Morgan fingerprint density at radius 1 is 1.24 bits per heavy atom. The smallest absolute Gasteiger partial charge is 0.303 e. The molecule has 2 saturated heterocycles. The van der Waals surface area contributed by atoms with Gasteiger partial charge in [-0.2, -0.15) is 0 Å². The summed E-state index contributed by atoms with van der Waals surface area (Å²) in [6.07, 6.45) is 7.64. The standard InChI is InChI=1S/C14H25NO2/c1-3-11(4-2)15-12-5-6-13(15)8-10(7-12)9-14(16)17/h10-13H,3-9H2,1-2H3,(H,16,17). The van der Waals surface area contributed by atoms with Gasteiger partial charge in [0.2, 0.25) is 0 Å². The average molecular weight is 239 g/mol. The molecule has 0 aromatic heterocycles. The molecule has 0 radical (unpaired) electrons. The molecule has 2 heterocycles. The quantitative estimate of drug-likeness (QED) is 0.802. The third-order valence-electron chi connectivity index (χ3n) is 4.71. The lowest BCUT2D eigenvalue weighted by Gasteiger charge is -2.43. The molecule has 0 aromatic carbocycles. The number of carboxylic acids is 1. The van der Waals surface area contributed by atoms with Crippen LogP contribution in [0.1, 0.15) is 58.8 Å². The fourth-order valence-corrected chi connectivity index (χ4v) is 4.05. The van der Waals surface area contributed by atoms with Crippen LogP contribution in [-0.2, 0) is 4.79 Å². The molecule has 3 nitrogen and oxygen atoms in total. The second-order valence-corrected chi connectivity index (χ2v) is 5.74. The number of aliphatic carboxylic acids is 1. The van der Waals surface area contributed by atoms with Crippen molar-refractivity contribution in [3.05, 3.63) is 0 Å². The minimum absolute atomic E-state index is 0.379. The van der Waals surface area contributed by atoms with Gasteiger partial charge in [0.05, 0.1) is 0 Å². The van der Waals surface area contributed by atoms with E-state index < -0.39 is 5.97 Å². The molecule has 17 heavy (non-hydrogen) atoms. The molecule has 2 unspecified atom stereocenters. The lowest BCUT2D eigenvalue weighted by molar-refractivity contribution is -0.138. The molecule has 2 aliphatic rings. The van der Waals surface area contributed by atoms with Gasteiger partial charge in [0.15, 0.2) is 0 Å². The van der Waals surface area contributed by atoms with Gasteiger partial charge in [-0.1, -0.05) is 13.8 Å². The molecule has 0 aromatic rings. The summed E-state index contributed by atoms with van der Waals surface area (Å²) in [5.41, 5.74) is 0. The summed E-state index contributed by atoms with van der Waals surface area (Å²) in [4.78, 5) is 13.5. The normalized spacial score (nSPS) is 33.2. The van der Waals surface area contributed by atoms with Gasteiger partial charge in [0.25, 0.3) is 0 Å². The first-order valence-corrected chi connectivity index (χ1v) is 7.14. The van der Waals surface area contributed by atoms with Gasteiger partial charge < -0.3 is 5.11 Å². The molecule has 0 amide bonds. The van der Waals surface area contributed by atoms with Crippen molar-refractivity contribution in [3.8, 4) is 0 Å². The van der Waals surface area contributed by atoms with Crippen LogP contribution in [0.25, 0.3) is 0 Å². The Morgan fingerprint density at radius 3 is 2.18 bits per heavy atom. The van der Waals surface area contributed by atoms with E-state index in [9.17, 15) is 4.79 Å². The lowest BCUT2D eigenvalue weighted by Crippen LogP contribution is -2.48. The van der Waals surface area contributed by atoms with E-state index in [1.54, 1.807) is 0 Å². The fraction of sp³-hybridized carbons (Fsp3) is 0.929. The summed E-state index contributed by atoms with van der Waals surface area (Å²) in [5, 5.41) is 8.91. The molecular weight excluding hydrogens is 214 g/mol. The van der Waals surface area contributed by atoms with Crippen molar-refractivity contribution in [3.63, 3.8) is 0 Å². The number of piperidine rings is 1. The van der Waals surface area contributed by atoms with Crippen molar-refractivity contribution in [2.45, 2.75) is 76.9 Å². The van der Waals surface area contributed by atoms with Gasteiger partial charge in [0, 0.05) is 24.5 Å². The maximum Gasteiger partial charge on any atom is 0.303 e. The summed E-state index contributed by atoms with van der Waals surface area (Å²) in [7, 11) is 0. The summed E-state index contributed by atoms with van der Waals surface area (Å²) >= 11 is 0. The number of hydrogen-bond donors (Lipinski definition) is 1. The van der Waals surface area contributed by atoms with Crippen LogP contribution in [0.2, 0.25) is 0 Å². The first-order valence-electron chi connectivity index (χ1n) is 7.14. The lowest BCUT2D eigenvalue weighted by atomic mass is 9.86. The molecule has 0 aliphatic carbocycles. The van der Waals surface area contributed by atoms with Gasteiger partial charge in [-0.3, -0.25) is 9.69 Å². The van der Waals surface area contributed by atoms with Crippen LogP contribution in [0.15, 0.2) is 0 Å². The highest BCUT2D eigenvalue weighted by molar-refractivity contribution is 5.67. The van der Waals surface area contributed by atoms with Crippen LogP contribution < -0.4 is 0 Å². The summed E-state index contributed by atoms with van der Waals surface area (Å²) < 4.78 is 0. The Kier molecular flexibility index (Phi) is 4.08. The van der Waals surface area contributed by atoms with Crippen LogP contribution in [0.4, 0.5) is 0 Å². The monoisotopic (exact) mass is 239 g/mol. The number of rotatable bonds is 5. The molecule has 2 rings (SSSR count). The van der Waals surface area contributed by atoms with Gasteiger partial charge in [-0.25, -0.2) is 0 Å². The van der Waals surface area contributed by atoms with Gasteiger partial charge in [0.1, 0.15) is 0 Å². The zero-order valence-electron chi connectivity index (χ0n) is 11.1. The first-order chi connectivity index (χ1) is 8.15. The molecule has 0 spiro atoms. The predicted octanol–water partition coefficient (Wildman–Crippen LogP) is 2.89. The van der Waals surface area contributed by atoms with E-state index >= 15 is 0 Å². The number of carbonyl (C=O) groups is 1. The van der Waals surface area contributed by atoms with Crippen molar-refractivity contribution in [2.24, 2.45) is 5.92 Å². The molecule has 0 saturated carbocycles. The number of nitrogens with zero attached hydrogens (tertiary/aromatic N) is 1. The maximum absolute atomic E-state index is 10.8. The Morgan fingerprint density at radius 2 is 1.76 bits per heavy atom. The predicted molar refractivity (Wildman–Crippen MR) is 68.0 cm³/mol. The molecule has 2 fully saturated rings. The topological polar surface area (TPSA) is 40.5 Å². The van der Waals surface area contributed by atoms with Crippen LogP contribution >= 0.6 is 0 Å². The molecule has 2 bridgehead atoms. The van der Waals surface area contributed by atoms with Crippen LogP contribution in [-0.4, -0.2) is 34.1 Å². The number of fused-ring (bicyclic) bond motifs is 2. The van der Waals surface area contributed by atoms with Gasteiger partial charge >= 0.3 is 5.97 Å². The zero-order chi connectivity index (χ0) is 12.4. The largest absolute Gasteiger partial charge is 0.481 e. The molecule has 2 atom stereocenters. The molecule has 98 valence electrons. The van der Waals surface area contributed by atoms with Crippen molar-refractivity contribution >= 4 is 5.97 Å². The maximum atomic E-state index is 10.8. The van der Waals surface area contributed by atoms with E-state index in [4.69, 9.17) is 5.11 Å². The average Bonchev–Trinajstić information content (AvgIpc) is 2.55. The number of carboxylic acid groups (broad SMARTS) is 1. The van der Waals surface area contributed by atoms with Crippen LogP contribution in [0.3, 0.4) is 0 Å². The Bertz CT molecular complexity index is 261. The minimum Gasteiger partial charge on any atom is -0.481 e. The van der Waals surface area contributed by atoms with Crippen molar-refractivity contribution < 1.29 is 9.90 Å². The second-order valence-electron chi connectivity index (χ2n) is 5.74. The zero-order valence-corrected chi connectivity index (χ0v) is 11.1. The van der Waals surface area contributed by atoms with Gasteiger partial charge in [-0.15, -0.1) is 0 Å². The molecule has 2 aliphatic heterocycles. The van der Waals surface area contributed by atoms with E-state index in [2.05, 4.69) is 18.7 Å². The summed E-state index contributed by atoms with van der Waals surface area (Å²) in [6.45, 7) is 4.55. The van der Waals surface area contributed by atoms with Crippen LogP contribution in [0, 0.1) is 5.92 Å². The van der Waals surface area contributed by atoms with E-state index in [1.165, 1.54) is 25.7 Å².